The van der Waals surface area contributed by atoms with Crippen molar-refractivity contribution in [1.29, 1.82) is 0 Å². The van der Waals surface area contributed by atoms with Crippen LogP contribution in [0, 0.1) is 13.8 Å². The van der Waals surface area contributed by atoms with Crippen LogP contribution in [0.3, 0.4) is 0 Å². The van der Waals surface area contributed by atoms with Crippen molar-refractivity contribution in [2.75, 3.05) is 23.7 Å². The van der Waals surface area contributed by atoms with Gasteiger partial charge in [-0.15, -0.1) is 0 Å². The molecular weight excluding hydrogens is 497 g/mol. The van der Waals surface area contributed by atoms with Crippen molar-refractivity contribution >= 4 is 50.7 Å². The van der Waals surface area contributed by atoms with Gasteiger partial charge in [0, 0.05) is 23.1 Å². The Morgan fingerprint density at radius 2 is 1.68 bits per heavy atom. The molecule has 0 saturated heterocycles. The average molecular weight is 529 g/mol. The number of hydrogen-bond acceptors (Lipinski definition) is 4. The first-order valence-electron chi connectivity index (χ1n) is 10.9. The lowest BCUT2D eigenvalue weighted by Crippen LogP contribution is -2.51. The highest BCUT2D eigenvalue weighted by Gasteiger charge is 2.30. The molecule has 1 N–H and O–H groups in total. The van der Waals surface area contributed by atoms with E-state index in [0.29, 0.717) is 27.8 Å². The van der Waals surface area contributed by atoms with E-state index in [1.54, 1.807) is 37.3 Å². The Labute approximate surface area is 212 Å². The third-order valence-electron chi connectivity index (χ3n) is 5.25. The van der Waals surface area contributed by atoms with Crippen LogP contribution >= 0.6 is 23.2 Å². The number of rotatable bonds is 10. The molecule has 0 aliphatic rings. The molecule has 0 unspecified atom stereocenters. The lowest BCUT2D eigenvalue weighted by atomic mass is 10.1. The molecule has 0 aliphatic carbocycles. The number of sulfonamides is 1. The molecule has 0 saturated carbocycles. The Morgan fingerprint density at radius 3 is 2.21 bits per heavy atom. The molecule has 34 heavy (non-hydrogen) atoms. The van der Waals surface area contributed by atoms with Gasteiger partial charge in [0.05, 0.1) is 11.9 Å². The molecule has 186 valence electrons. The first-order chi connectivity index (χ1) is 15.8. The lowest BCUT2D eigenvalue weighted by molar-refractivity contribution is -0.139. The van der Waals surface area contributed by atoms with Crippen LogP contribution < -0.4 is 9.62 Å². The highest BCUT2D eigenvalue weighted by molar-refractivity contribution is 7.92. The van der Waals surface area contributed by atoms with E-state index in [-0.39, 0.29) is 12.5 Å². The highest BCUT2D eigenvalue weighted by Crippen LogP contribution is 2.25. The molecule has 7 nitrogen and oxygen atoms in total. The van der Waals surface area contributed by atoms with E-state index in [0.717, 1.165) is 28.1 Å². The van der Waals surface area contributed by atoms with Gasteiger partial charge in [0.25, 0.3) is 0 Å². The van der Waals surface area contributed by atoms with E-state index in [1.807, 2.05) is 26.8 Å². The molecule has 0 radical (unpaired) electrons. The van der Waals surface area contributed by atoms with Gasteiger partial charge in [0.15, 0.2) is 0 Å². The topological polar surface area (TPSA) is 86.8 Å². The van der Waals surface area contributed by atoms with Crippen LogP contribution in [0.5, 0.6) is 0 Å². The molecule has 2 amide bonds. The monoisotopic (exact) mass is 527 g/mol. The third kappa shape index (κ3) is 7.61. The zero-order chi connectivity index (χ0) is 25.6. The molecule has 2 aromatic carbocycles. The fourth-order valence-corrected chi connectivity index (χ4v) is 4.82. The molecule has 2 rings (SSSR count). The second-order valence-electron chi connectivity index (χ2n) is 8.34. The molecule has 0 aromatic heterocycles. The maximum absolute atomic E-state index is 13.5. The number of halogens is 2. The molecule has 0 aliphatic heterocycles. The van der Waals surface area contributed by atoms with Gasteiger partial charge in [-0.25, -0.2) is 8.42 Å². The van der Waals surface area contributed by atoms with Crippen molar-refractivity contribution in [2.24, 2.45) is 0 Å². The number of aryl methyl sites for hydroxylation is 2. The van der Waals surface area contributed by atoms with E-state index in [1.165, 1.54) is 4.90 Å². The summed E-state index contributed by atoms with van der Waals surface area (Å²) in [4.78, 5) is 27.6. The van der Waals surface area contributed by atoms with Crippen LogP contribution in [0.2, 0.25) is 10.0 Å². The quantitative estimate of drug-likeness (QED) is 0.498. The zero-order valence-corrected chi connectivity index (χ0v) is 22.4. The summed E-state index contributed by atoms with van der Waals surface area (Å²) in [6.45, 7) is 7.26. The van der Waals surface area contributed by atoms with Crippen molar-refractivity contribution in [3.63, 3.8) is 0 Å². The Kier molecular flexibility index (Phi) is 9.79. The molecule has 0 bridgehead atoms. The van der Waals surface area contributed by atoms with E-state index < -0.39 is 28.5 Å². The van der Waals surface area contributed by atoms with Crippen LogP contribution in [-0.4, -0.2) is 50.5 Å². The number of anilines is 1. The minimum absolute atomic E-state index is 0.0139. The van der Waals surface area contributed by atoms with Crippen LogP contribution in [0.25, 0.3) is 0 Å². The Bertz CT molecular complexity index is 1130. The summed E-state index contributed by atoms with van der Waals surface area (Å²) < 4.78 is 26.4. The zero-order valence-electron chi connectivity index (χ0n) is 20.1. The van der Waals surface area contributed by atoms with Crippen molar-refractivity contribution < 1.29 is 18.0 Å². The minimum atomic E-state index is -3.79. The summed E-state index contributed by atoms with van der Waals surface area (Å²) in [7, 11) is -3.79. The number of nitrogens with zero attached hydrogens (tertiary/aromatic N) is 2. The van der Waals surface area contributed by atoms with Gasteiger partial charge < -0.3 is 10.2 Å². The van der Waals surface area contributed by atoms with E-state index >= 15 is 0 Å². The average Bonchev–Trinajstić information content (AvgIpc) is 2.73. The summed E-state index contributed by atoms with van der Waals surface area (Å²) in [6.07, 6.45) is 1.79. The van der Waals surface area contributed by atoms with Crippen LogP contribution in [-0.2, 0) is 26.2 Å². The maximum atomic E-state index is 13.5. The van der Waals surface area contributed by atoms with Gasteiger partial charge in [-0.2, -0.15) is 0 Å². The summed E-state index contributed by atoms with van der Waals surface area (Å²) in [5, 5.41) is 3.58. The second kappa shape index (κ2) is 11.9. The molecule has 10 heteroatoms. The standard InChI is InChI=1S/C24H31Cl2N3O4S/c1-6-9-27-24(31)18(4)28(14-19-7-8-20(25)13-22(19)26)23(30)15-29(34(5,32)33)21-11-16(2)10-17(3)12-21/h7-8,10-13,18H,6,9,14-15H2,1-5H3,(H,27,31)/t18-/m0/s1. The van der Waals surface area contributed by atoms with Crippen LogP contribution in [0.15, 0.2) is 36.4 Å². The van der Waals surface area contributed by atoms with Gasteiger partial charge in [-0.1, -0.05) is 42.3 Å². The Morgan fingerprint density at radius 1 is 1.06 bits per heavy atom. The van der Waals surface area contributed by atoms with Gasteiger partial charge >= 0.3 is 0 Å². The van der Waals surface area contributed by atoms with E-state index in [4.69, 9.17) is 23.2 Å². The molecule has 2 aromatic rings. The minimum Gasteiger partial charge on any atom is -0.354 e. The number of amides is 2. The predicted octanol–water partition coefficient (Wildman–Crippen LogP) is 4.32. The SMILES string of the molecule is CCCNC(=O)[C@H](C)N(Cc1ccc(Cl)cc1Cl)C(=O)CN(c1cc(C)cc(C)c1)S(C)(=O)=O. The fourth-order valence-electron chi connectivity index (χ4n) is 3.52. The van der Waals surface area contributed by atoms with Gasteiger partial charge in [-0.05, 0) is 68.1 Å². The first kappa shape index (κ1) is 28.0. The summed E-state index contributed by atoms with van der Waals surface area (Å²) in [5.74, 6) is -0.868. The smallest absolute Gasteiger partial charge is 0.244 e. The fraction of sp³-hybridized carbons (Fsp3) is 0.417. The van der Waals surface area contributed by atoms with Gasteiger partial charge in [-0.3, -0.25) is 13.9 Å². The van der Waals surface area contributed by atoms with Crippen molar-refractivity contribution in [2.45, 2.75) is 46.7 Å². The number of carbonyl (C=O) groups excluding carboxylic acids is 2. The molecule has 0 fully saturated rings. The van der Waals surface area contributed by atoms with E-state index in [9.17, 15) is 18.0 Å². The molecule has 1 atom stereocenters. The van der Waals surface area contributed by atoms with Gasteiger partial charge in [0.2, 0.25) is 21.8 Å². The van der Waals surface area contributed by atoms with E-state index in [2.05, 4.69) is 5.32 Å². The first-order valence-corrected chi connectivity index (χ1v) is 13.5. The second-order valence-corrected chi connectivity index (χ2v) is 11.1. The number of benzene rings is 2. The van der Waals surface area contributed by atoms with Crippen LogP contribution in [0.4, 0.5) is 5.69 Å². The maximum Gasteiger partial charge on any atom is 0.244 e. The van der Waals surface area contributed by atoms with Crippen molar-refractivity contribution in [3.8, 4) is 0 Å². The lowest BCUT2D eigenvalue weighted by Gasteiger charge is -2.32. The van der Waals surface area contributed by atoms with Crippen molar-refractivity contribution in [1.82, 2.24) is 10.2 Å². The number of hydrogen-bond donors (Lipinski definition) is 1. The summed E-state index contributed by atoms with van der Waals surface area (Å²) in [6, 6.07) is 9.36. The van der Waals surface area contributed by atoms with Gasteiger partial charge in [0.1, 0.15) is 12.6 Å². The predicted molar refractivity (Wildman–Crippen MR) is 138 cm³/mol. The molecular formula is C24H31Cl2N3O4S. The molecule has 0 heterocycles. The Hall–Kier alpha value is -2.29. The summed E-state index contributed by atoms with van der Waals surface area (Å²) >= 11 is 12.3. The third-order valence-corrected chi connectivity index (χ3v) is 6.97. The molecule has 0 spiro atoms. The van der Waals surface area contributed by atoms with Crippen LogP contribution in [0.1, 0.15) is 37.0 Å². The number of carbonyl (C=O) groups is 2. The summed E-state index contributed by atoms with van der Waals surface area (Å²) in [5.41, 5.74) is 2.72. The normalized spacial score (nSPS) is 12.2. The number of nitrogens with one attached hydrogen (secondary N) is 1. The Balaban J connectivity index is 2.44. The highest BCUT2D eigenvalue weighted by atomic mass is 35.5. The van der Waals surface area contributed by atoms with Crippen molar-refractivity contribution in [3.05, 3.63) is 63.1 Å². The largest absolute Gasteiger partial charge is 0.354 e.